The first-order chi connectivity index (χ1) is 25.5. The minimum atomic E-state index is -0.153. The number of aromatic nitrogens is 2. The predicted molar refractivity (Wildman–Crippen MR) is 202 cm³/mol. The van der Waals surface area contributed by atoms with Crippen LogP contribution < -0.4 is 0 Å². The third kappa shape index (κ3) is 5.01. The predicted octanol–water partition coefficient (Wildman–Crippen LogP) is 12.3. The SMILES string of the molecule is [2H]c1c([2H])c(-c2c3ccccc3cc3c2ccc2ccccc23)c([2H])c([2H])c1-c1cc(-c2cccc(-c3ccccc3)c2)nc(-c2ccccc2)n1. The van der Waals surface area contributed by atoms with E-state index in [1.54, 1.807) is 6.07 Å². The molecule has 224 valence electrons. The minimum Gasteiger partial charge on any atom is -0.228 e. The van der Waals surface area contributed by atoms with Gasteiger partial charge in [-0.05, 0) is 72.8 Å². The maximum absolute atomic E-state index is 9.50. The van der Waals surface area contributed by atoms with E-state index >= 15 is 0 Å². The summed E-state index contributed by atoms with van der Waals surface area (Å²) in [6.45, 7) is 0. The van der Waals surface area contributed by atoms with E-state index in [1.807, 2.05) is 103 Å². The Morgan fingerprint density at radius 1 is 0.333 bits per heavy atom. The standard InChI is InChI=1S/C46H30N2/c1-3-12-31(13-4-1)36-18-11-19-38(28-36)44-30-43(47-46(48-44)35-15-5-2-6-16-35)33-22-24-34(25-23-33)45-40-21-10-8-17-37(40)29-42-39-20-9-7-14-32(39)26-27-41(42)45/h1-30H/i22D,23D,24D,25D. The van der Waals surface area contributed by atoms with Gasteiger partial charge in [0.2, 0.25) is 0 Å². The van der Waals surface area contributed by atoms with Gasteiger partial charge in [0.1, 0.15) is 0 Å². The minimum absolute atomic E-state index is 0.116. The Balaban J connectivity index is 1.29. The lowest BCUT2D eigenvalue weighted by Crippen LogP contribution is -1.96. The van der Waals surface area contributed by atoms with Gasteiger partial charge in [-0.2, -0.15) is 0 Å². The Morgan fingerprint density at radius 3 is 1.69 bits per heavy atom. The molecule has 0 fully saturated rings. The molecule has 8 aromatic carbocycles. The van der Waals surface area contributed by atoms with Crippen LogP contribution in [0.2, 0.25) is 0 Å². The van der Waals surface area contributed by atoms with E-state index in [-0.39, 0.29) is 35.3 Å². The van der Waals surface area contributed by atoms with Crippen LogP contribution >= 0.6 is 0 Å². The van der Waals surface area contributed by atoms with Crippen molar-refractivity contribution in [1.82, 2.24) is 9.97 Å². The summed E-state index contributed by atoms with van der Waals surface area (Å²) >= 11 is 0. The second kappa shape index (κ2) is 11.8. The number of hydrogen-bond acceptors (Lipinski definition) is 2. The van der Waals surface area contributed by atoms with E-state index in [2.05, 4.69) is 48.5 Å². The molecular weight excluding hydrogens is 581 g/mol. The fourth-order valence-electron chi connectivity index (χ4n) is 6.58. The molecular formula is C46H30N2. The van der Waals surface area contributed by atoms with Gasteiger partial charge in [-0.1, -0.05) is 164 Å². The van der Waals surface area contributed by atoms with Gasteiger partial charge in [0.05, 0.1) is 16.9 Å². The maximum atomic E-state index is 9.50. The first kappa shape index (κ1) is 23.9. The average molecular weight is 615 g/mol. The van der Waals surface area contributed by atoms with Crippen LogP contribution in [0, 0.1) is 0 Å². The molecule has 48 heavy (non-hydrogen) atoms. The molecule has 0 saturated heterocycles. The highest BCUT2D eigenvalue weighted by Crippen LogP contribution is 2.40. The Bertz CT molecular complexity index is 2810. The molecule has 2 heteroatoms. The third-order valence-corrected chi connectivity index (χ3v) is 8.92. The summed E-state index contributed by atoms with van der Waals surface area (Å²) in [5, 5.41) is 5.87. The first-order valence-electron chi connectivity index (χ1n) is 18.0. The van der Waals surface area contributed by atoms with Gasteiger partial charge in [-0.25, -0.2) is 9.97 Å². The zero-order valence-electron chi connectivity index (χ0n) is 29.9. The number of rotatable bonds is 5. The van der Waals surface area contributed by atoms with Crippen LogP contribution in [0.1, 0.15) is 5.48 Å². The molecule has 1 aromatic heterocycles. The largest absolute Gasteiger partial charge is 0.228 e. The van der Waals surface area contributed by atoms with Gasteiger partial charge < -0.3 is 0 Å². The summed E-state index contributed by atoms with van der Waals surface area (Å²) in [5.41, 5.74) is 5.77. The van der Waals surface area contributed by atoms with Crippen molar-refractivity contribution in [3.05, 3.63) is 182 Å². The summed E-state index contributed by atoms with van der Waals surface area (Å²) < 4.78 is 37.9. The van der Waals surface area contributed by atoms with Crippen LogP contribution in [0.25, 0.3) is 88.5 Å². The van der Waals surface area contributed by atoms with E-state index < -0.39 is 0 Å². The highest BCUT2D eigenvalue weighted by molar-refractivity contribution is 6.20. The van der Waals surface area contributed by atoms with Crippen molar-refractivity contribution >= 4 is 32.3 Å². The monoisotopic (exact) mass is 614 g/mol. The van der Waals surface area contributed by atoms with Crippen LogP contribution in [0.3, 0.4) is 0 Å². The van der Waals surface area contributed by atoms with Gasteiger partial charge >= 0.3 is 0 Å². The van der Waals surface area contributed by atoms with Crippen LogP contribution in [0.15, 0.2) is 182 Å². The first-order valence-corrected chi connectivity index (χ1v) is 16.0. The topological polar surface area (TPSA) is 25.8 Å². The van der Waals surface area contributed by atoms with Gasteiger partial charge in [-0.15, -0.1) is 0 Å². The van der Waals surface area contributed by atoms with E-state index in [4.69, 9.17) is 9.97 Å². The second-order valence-corrected chi connectivity index (χ2v) is 11.9. The van der Waals surface area contributed by atoms with Crippen LogP contribution in [-0.4, -0.2) is 9.97 Å². The fraction of sp³-hybridized carbons (Fsp3) is 0. The van der Waals surface area contributed by atoms with Crippen molar-refractivity contribution in [2.45, 2.75) is 0 Å². The van der Waals surface area contributed by atoms with E-state index in [9.17, 15) is 5.48 Å². The molecule has 0 aliphatic carbocycles. The summed E-state index contributed by atoms with van der Waals surface area (Å²) in [7, 11) is 0. The lowest BCUT2D eigenvalue weighted by Gasteiger charge is -2.15. The van der Waals surface area contributed by atoms with Crippen molar-refractivity contribution in [1.29, 1.82) is 0 Å². The quantitative estimate of drug-likeness (QED) is 0.142. The molecule has 0 amide bonds. The molecule has 9 rings (SSSR count). The number of nitrogens with zero attached hydrogens (tertiary/aromatic N) is 2. The maximum Gasteiger partial charge on any atom is 0.160 e. The molecule has 0 saturated carbocycles. The van der Waals surface area contributed by atoms with Gasteiger partial charge in [0.25, 0.3) is 0 Å². The smallest absolute Gasteiger partial charge is 0.160 e. The van der Waals surface area contributed by atoms with Gasteiger partial charge in [0, 0.05) is 16.7 Å². The van der Waals surface area contributed by atoms with Crippen molar-refractivity contribution < 1.29 is 5.48 Å². The van der Waals surface area contributed by atoms with Crippen molar-refractivity contribution in [3.63, 3.8) is 0 Å². The molecule has 0 radical (unpaired) electrons. The highest BCUT2D eigenvalue weighted by atomic mass is 14.9. The second-order valence-electron chi connectivity index (χ2n) is 11.9. The number of benzene rings is 8. The molecule has 1 heterocycles. The average Bonchev–Trinajstić information content (AvgIpc) is 3.20. The molecule has 0 N–H and O–H groups in total. The molecule has 0 aliphatic heterocycles. The Hall–Kier alpha value is -6.38. The van der Waals surface area contributed by atoms with Crippen molar-refractivity contribution in [2.24, 2.45) is 0 Å². The molecule has 0 atom stereocenters. The Kier molecular flexibility index (Phi) is 5.85. The fourth-order valence-corrected chi connectivity index (χ4v) is 6.58. The molecule has 0 unspecified atom stereocenters. The zero-order valence-corrected chi connectivity index (χ0v) is 25.9. The normalized spacial score (nSPS) is 12.5. The van der Waals surface area contributed by atoms with Crippen molar-refractivity contribution in [3.8, 4) is 56.2 Å². The summed E-state index contributed by atoms with van der Waals surface area (Å²) in [6, 6.07) is 51.5. The lowest BCUT2D eigenvalue weighted by molar-refractivity contribution is 1.18. The summed E-state index contributed by atoms with van der Waals surface area (Å²) in [4.78, 5) is 9.87. The van der Waals surface area contributed by atoms with E-state index in [0.717, 1.165) is 54.6 Å². The molecule has 0 bridgehead atoms. The third-order valence-electron chi connectivity index (χ3n) is 8.92. The number of fused-ring (bicyclic) bond motifs is 4. The molecule has 0 aliphatic rings. The zero-order chi connectivity index (χ0) is 35.3. The van der Waals surface area contributed by atoms with E-state index in [1.165, 1.54) is 0 Å². The van der Waals surface area contributed by atoms with Crippen LogP contribution in [-0.2, 0) is 0 Å². The van der Waals surface area contributed by atoms with Gasteiger partial charge in [-0.3, -0.25) is 0 Å². The van der Waals surface area contributed by atoms with Crippen LogP contribution in [0.5, 0.6) is 0 Å². The van der Waals surface area contributed by atoms with Crippen LogP contribution in [0.4, 0.5) is 0 Å². The number of hydrogen-bond donors (Lipinski definition) is 0. The highest BCUT2D eigenvalue weighted by Gasteiger charge is 2.15. The van der Waals surface area contributed by atoms with Gasteiger partial charge in [0.15, 0.2) is 5.82 Å². The van der Waals surface area contributed by atoms with Crippen molar-refractivity contribution in [2.75, 3.05) is 0 Å². The van der Waals surface area contributed by atoms with E-state index in [0.29, 0.717) is 22.8 Å². The summed E-state index contributed by atoms with van der Waals surface area (Å²) in [5.74, 6) is 0.436. The molecule has 9 aromatic rings. The molecule has 2 nitrogen and oxygen atoms in total. The summed E-state index contributed by atoms with van der Waals surface area (Å²) in [6.07, 6.45) is 0. The Labute approximate surface area is 285 Å². The Morgan fingerprint density at radius 2 is 0.917 bits per heavy atom. The molecule has 0 spiro atoms. The lowest BCUT2D eigenvalue weighted by atomic mass is 9.89.